The van der Waals surface area contributed by atoms with Crippen molar-refractivity contribution in [3.63, 3.8) is 0 Å². The van der Waals surface area contributed by atoms with E-state index in [1.807, 2.05) is 45.9 Å². The maximum Gasteiger partial charge on any atom is 0.136 e. The molecule has 3 aromatic rings. The highest BCUT2D eigenvalue weighted by Gasteiger charge is 2.36. The Labute approximate surface area is 248 Å². The smallest absolute Gasteiger partial charge is 0.136 e. The normalized spacial score (nSPS) is 13.0. The molecule has 0 fully saturated rings. The Hall–Kier alpha value is -4.52. The van der Waals surface area contributed by atoms with Crippen LogP contribution in [0, 0.1) is 12.7 Å². The summed E-state index contributed by atoms with van der Waals surface area (Å²) in [5, 5.41) is 6.38. The number of nitrogens with one attached hydrogen (secondary N) is 3. The molecule has 0 aliphatic heterocycles. The van der Waals surface area contributed by atoms with Crippen molar-refractivity contribution < 1.29 is 8.78 Å². The van der Waals surface area contributed by atoms with E-state index in [1.165, 1.54) is 12.1 Å². The summed E-state index contributed by atoms with van der Waals surface area (Å²) < 4.78 is 30.8. The summed E-state index contributed by atoms with van der Waals surface area (Å²) in [6, 6.07) is 8.14. The van der Waals surface area contributed by atoms with E-state index >= 15 is 4.39 Å². The van der Waals surface area contributed by atoms with E-state index in [0.29, 0.717) is 45.2 Å². The van der Waals surface area contributed by atoms with Crippen LogP contribution in [0.25, 0.3) is 11.1 Å². The third kappa shape index (κ3) is 7.03. The molecule has 3 N–H and O–H groups in total. The molecule has 0 amide bonds. The standard InChI is InChI=1S/C35H41F2N5/c1-10-14-22(4)40-28-19-26(20-39-21-28)23(5)32(37)31(30(12-3)38-9)35(7,8)34-41-24(6)33(42-34)29(15-11-2)25-16-13-17-27(36)18-25/h11-13,15-21,38,40H,2,4-5,10,14H2,1,3,6-9H3,(H,41,42)/b29-15-,30-12+,32-31-. The molecule has 0 atom stereocenters. The molecule has 0 saturated heterocycles. The van der Waals surface area contributed by atoms with E-state index in [0.717, 1.165) is 24.2 Å². The van der Waals surface area contributed by atoms with Gasteiger partial charge in [-0.2, -0.15) is 0 Å². The third-order valence-corrected chi connectivity index (χ3v) is 7.05. The maximum absolute atomic E-state index is 16.7. The fraction of sp³-hybridized carbons (Fsp3) is 0.257. The van der Waals surface area contributed by atoms with Gasteiger partial charge in [-0.25, -0.2) is 13.8 Å². The molecule has 0 spiro atoms. The second kappa shape index (κ2) is 13.9. The first kappa shape index (κ1) is 32.0. The highest BCUT2D eigenvalue weighted by molar-refractivity contribution is 5.81. The number of aryl methyl sites for hydroxylation is 1. The van der Waals surface area contributed by atoms with Gasteiger partial charge in [-0.05, 0) is 57.9 Å². The van der Waals surface area contributed by atoms with Gasteiger partial charge in [0.15, 0.2) is 0 Å². The lowest BCUT2D eigenvalue weighted by atomic mass is 9.79. The molecule has 0 unspecified atom stereocenters. The number of nitrogens with zero attached hydrogens (tertiary/aromatic N) is 2. The van der Waals surface area contributed by atoms with Crippen LogP contribution >= 0.6 is 0 Å². The van der Waals surface area contributed by atoms with E-state index in [9.17, 15) is 4.39 Å². The summed E-state index contributed by atoms with van der Waals surface area (Å²) in [6.07, 6.45) is 10.3. The summed E-state index contributed by atoms with van der Waals surface area (Å²) in [7, 11) is 1.75. The van der Waals surface area contributed by atoms with Gasteiger partial charge in [0.05, 0.1) is 23.0 Å². The zero-order valence-electron chi connectivity index (χ0n) is 25.5. The molecule has 3 rings (SSSR count). The molecule has 42 heavy (non-hydrogen) atoms. The number of pyridine rings is 1. The molecule has 2 heterocycles. The van der Waals surface area contributed by atoms with Crippen molar-refractivity contribution in [3.8, 4) is 0 Å². The van der Waals surface area contributed by atoms with E-state index in [1.54, 1.807) is 37.7 Å². The fourth-order valence-corrected chi connectivity index (χ4v) is 4.89. The van der Waals surface area contributed by atoms with Gasteiger partial charge in [-0.1, -0.05) is 63.4 Å². The van der Waals surface area contributed by atoms with Crippen LogP contribution in [0.5, 0.6) is 0 Å². The molecule has 1 aromatic carbocycles. The quantitative estimate of drug-likeness (QED) is 0.180. The lowest BCUT2D eigenvalue weighted by Crippen LogP contribution is -2.28. The number of allylic oxidation sites excluding steroid dienone is 7. The van der Waals surface area contributed by atoms with Crippen molar-refractivity contribution in [1.29, 1.82) is 0 Å². The second-order valence-electron chi connectivity index (χ2n) is 10.6. The van der Waals surface area contributed by atoms with Gasteiger partial charge in [0.1, 0.15) is 17.5 Å². The number of rotatable bonds is 13. The summed E-state index contributed by atoms with van der Waals surface area (Å²) in [4.78, 5) is 12.6. The van der Waals surface area contributed by atoms with Crippen molar-refractivity contribution in [1.82, 2.24) is 20.3 Å². The molecule has 0 saturated carbocycles. The van der Waals surface area contributed by atoms with E-state index in [-0.39, 0.29) is 11.4 Å². The molecular formula is C35H41F2N5. The lowest BCUT2D eigenvalue weighted by Gasteiger charge is -2.29. The van der Waals surface area contributed by atoms with Crippen molar-refractivity contribution in [3.05, 3.63) is 138 Å². The SMILES string of the molecule is C=C/C=C(/c1cccc(F)c1)c1nc(C(C)(C)C(/C(=C\C)NC)=C(\F)C(=C)c2cncc(NC(=C)CCC)c2)[nH]c1C. The molecule has 5 nitrogen and oxygen atoms in total. The first-order chi connectivity index (χ1) is 20.0. The van der Waals surface area contributed by atoms with Gasteiger partial charge >= 0.3 is 0 Å². The topological polar surface area (TPSA) is 65.6 Å². The second-order valence-corrected chi connectivity index (χ2v) is 10.6. The first-order valence-electron chi connectivity index (χ1n) is 14.0. The van der Waals surface area contributed by atoms with Gasteiger partial charge < -0.3 is 15.6 Å². The molecule has 7 heteroatoms. The highest BCUT2D eigenvalue weighted by atomic mass is 19.1. The van der Waals surface area contributed by atoms with Crippen molar-refractivity contribution in [2.75, 3.05) is 12.4 Å². The van der Waals surface area contributed by atoms with Gasteiger partial charge in [0.2, 0.25) is 0 Å². The van der Waals surface area contributed by atoms with Crippen LogP contribution in [0.15, 0.2) is 103 Å². The lowest BCUT2D eigenvalue weighted by molar-refractivity contribution is 0.543. The zero-order chi connectivity index (χ0) is 31.0. The maximum atomic E-state index is 16.7. The van der Waals surface area contributed by atoms with Gasteiger partial charge in [0.25, 0.3) is 0 Å². The van der Waals surface area contributed by atoms with E-state index in [4.69, 9.17) is 4.98 Å². The zero-order valence-corrected chi connectivity index (χ0v) is 25.5. The number of halogens is 2. The number of H-pyrrole nitrogens is 1. The summed E-state index contributed by atoms with van der Waals surface area (Å²) >= 11 is 0. The minimum Gasteiger partial charge on any atom is -0.388 e. The fourth-order valence-electron chi connectivity index (χ4n) is 4.89. The molecule has 0 bridgehead atoms. The largest absolute Gasteiger partial charge is 0.388 e. The van der Waals surface area contributed by atoms with Crippen molar-refractivity contribution in [2.45, 2.75) is 52.9 Å². The number of aromatic amines is 1. The molecule has 0 aliphatic carbocycles. The Morgan fingerprint density at radius 3 is 2.50 bits per heavy atom. The van der Waals surface area contributed by atoms with Crippen LogP contribution in [0.4, 0.5) is 14.5 Å². The van der Waals surface area contributed by atoms with E-state index in [2.05, 4.69) is 47.3 Å². The van der Waals surface area contributed by atoms with E-state index < -0.39 is 11.2 Å². The molecule has 2 aromatic heterocycles. The Morgan fingerprint density at radius 2 is 1.88 bits per heavy atom. The Balaban J connectivity index is 2.14. The van der Waals surface area contributed by atoms with Gasteiger partial charge in [-0.3, -0.25) is 4.98 Å². The van der Waals surface area contributed by atoms with Crippen molar-refractivity contribution in [2.24, 2.45) is 0 Å². The average Bonchev–Trinajstić information content (AvgIpc) is 3.35. The number of benzene rings is 1. The average molecular weight is 570 g/mol. The molecular weight excluding hydrogens is 528 g/mol. The molecule has 220 valence electrons. The van der Waals surface area contributed by atoms with Crippen LogP contribution < -0.4 is 10.6 Å². The Morgan fingerprint density at radius 1 is 1.14 bits per heavy atom. The van der Waals surface area contributed by atoms with Crippen LogP contribution in [0.3, 0.4) is 0 Å². The predicted molar refractivity (Wildman–Crippen MR) is 172 cm³/mol. The minimum atomic E-state index is -0.944. The van der Waals surface area contributed by atoms with Gasteiger partial charge in [-0.15, -0.1) is 0 Å². The van der Waals surface area contributed by atoms with Crippen LogP contribution in [0.1, 0.15) is 68.9 Å². The monoisotopic (exact) mass is 569 g/mol. The third-order valence-electron chi connectivity index (χ3n) is 7.05. The highest BCUT2D eigenvalue weighted by Crippen LogP contribution is 2.41. The summed E-state index contributed by atoms with van der Waals surface area (Å²) in [6.45, 7) is 21.6. The summed E-state index contributed by atoms with van der Waals surface area (Å²) in [5.74, 6) is -0.299. The number of likely N-dealkylation sites (N-methyl/N-ethyl adjacent to an activating group) is 1. The van der Waals surface area contributed by atoms with Crippen LogP contribution in [-0.4, -0.2) is 22.0 Å². The van der Waals surface area contributed by atoms with Crippen LogP contribution in [0.2, 0.25) is 0 Å². The number of hydrogen-bond acceptors (Lipinski definition) is 4. The first-order valence-corrected chi connectivity index (χ1v) is 14.0. The number of hydrogen-bond donors (Lipinski definition) is 3. The predicted octanol–water partition coefficient (Wildman–Crippen LogP) is 8.93. The Bertz CT molecular complexity index is 1570. The minimum absolute atomic E-state index is 0.195. The van der Waals surface area contributed by atoms with Crippen LogP contribution in [-0.2, 0) is 5.41 Å². The Kier molecular flexibility index (Phi) is 10.6. The number of imidazole rings is 1. The number of aromatic nitrogens is 3. The molecule has 0 aliphatic rings. The molecule has 0 radical (unpaired) electrons. The van der Waals surface area contributed by atoms with Gasteiger partial charge in [0, 0.05) is 52.6 Å². The summed E-state index contributed by atoms with van der Waals surface area (Å²) in [5.41, 5.74) is 5.10. The number of anilines is 1. The van der Waals surface area contributed by atoms with Crippen molar-refractivity contribution >= 4 is 16.8 Å².